The van der Waals surface area contributed by atoms with Crippen molar-refractivity contribution in [3.05, 3.63) is 28.9 Å². The Bertz CT molecular complexity index is 992. The zero-order valence-corrected chi connectivity index (χ0v) is 17.7. The fraction of sp³-hybridized carbons (Fsp3) is 0.588. The summed E-state index contributed by atoms with van der Waals surface area (Å²) in [5.74, 6) is -0.631. The van der Waals surface area contributed by atoms with Gasteiger partial charge in [-0.2, -0.15) is 9.40 Å². The first kappa shape index (κ1) is 22.3. The Kier molecular flexibility index (Phi) is 6.53. The number of rotatable bonds is 7. The summed E-state index contributed by atoms with van der Waals surface area (Å²) < 4.78 is 65.0. The van der Waals surface area contributed by atoms with Crippen molar-refractivity contribution < 1.29 is 31.3 Å². The van der Waals surface area contributed by atoms with Crippen molar-refractivity contribution in [2.45, 2.75) is 38.8 Å². The van der Waals surface area contributed by atoms with Crippen molar-refractivity contribution in [3.8, 4) is 0 Å². The summed E-state index contributed by atoms with van der Waals surface area (Å²) in [6.45, 7) is 5.69. The molecule has 0 atom stereocenters. The van der Waals surface area contributed by atoms with Crippen LogP contribution in [0.2, 0.25) is 0 Å². The molecule has 2 aromatic rings. The predicted octanol–water partition coefficient (Wildman–Crippen LogP) is 1.57. The molecule has 2 aromatic heterocycles. The molecule has 0 amide bonds. The number of aromatic nitrogens is 3. The van der Waals surface area contributed by atoms with Crippen molar-refractivity contribution in [1.82, 2.24) is 24.1 Å². The average Bonchev–Trinajstić information content (AvgIpc) is 3.25. The maximum Gasteiger partial charge on any atom is 0.341 e. The summed E-state index contributed by atoms with van der Waals surface area (Å²) in [5, 5.41) is 7.60. The highest BCUT2D eigenvalue weighted by Crippen LogP contribution is 2.26. The van der Waals surface area contributed by atoms with Gasteiger partial charge in [-0.1, -0.05) is 5.16 Å². The van der Waals surface area contributed by atoms with Gasteiger partial charge in [-0.25, -0.2) is 26.7 Å². The van der Waals surface area contributed by atoms with E-state index in [1.807, 2.05) is 0 Å². The second-order valence-corrected chi connectivity index (χ2v) is 8.66. The number of esters is 1. The normalized spacial score (nSPS) is 16.3. The standard InChI is InChI=1S/C17H23F2N5O5S/c1-4-28-17(25)13-9-20-24(14(13)16(18)19)10-22-5-7-23(8-6-22)30(26,27)15-11(2)21-29-12(15)3/h9,16H,4-8,10H2,1-3H3. The second kappa shape index (κ2) is 8.78. The van der Waals surface area contributed by atoms with Gasteiger partial charge in [0, 0.05) is 26.2 Å². The molecule has 0 aromatic carbocycles. The molecular weight excluding hydrogens is 424 g/mol. The lowest BCUT2D eigenvalue weighted by Gasteiger charge is -2.33. The van der Waals surface area contributed by atoms with E-state index < -0.39 is 28.1 Å². The summed E-state index contributed by atoms with van der Waals surface area (Å²) in [7, 11) is -3.76. The first-order valence-electron chi connectivity index (χ1n) is 9.33. The van der Waals surface area contributed by atoms with Crippen molar-refractivity contribution in [2.24, 2.45) is 0 Å². The molecule has 1 aliphatic heterocycles. The van der Waals surface area contributed by atoms with Crippen LogP contribution in [0.3, 0.4) is 0 Å². The third kappa shape index (κ3) is 4.23. The molecule has 0 aliphatic carbocycles. The number of halogens is 2. The third-order valence-corrected chi connectivity index (χ3v) is 6.96. The van der Waals surface area contributed by atoms with Crippen molar-refractivity contribution in [2.75, 3.05) is 32.8 Å². The Morgan fingerprint density at radius 1 is 1.27 bits per heavy atom. The SMILES string of the molecule is CCOC(=O)c1cnn(CN2CCN(S(=O)(=O)c3c(C)noc3C)CC2)c1C(F)F. The largest absolute Gasteiger partial charge is 0.462 e. The van der Waals surface area contributed by atoms with Crippen molar-refractivity contribution in [3.63, 3.8) is 0 Å². The molecule has 166 valence electrons. The van der Waals surface area contributed by atoms with Crippen LogP contribution in [0.4, 0.5) is 8.78 Å². The van der Waals surface area contributed by atoms with E-state index in [0.717, 1.165) is 10.9 Å². The van der Waals surface area contributed by atoms with Gasteiger partial charge in [0.2, 0.25) is 10.0 Å². The van der Waals surface area contributed by atoms with Gasteiger partial charge >= 0.3 is 5.97 Å². The Balaban J connectivity index is 1.70. The van der Waals surface area contributed by atoms with Crippen LogP contribution < -0.4 is 0 Å². The first-order valence-corrected chi connectivity index (χ1v) is 10.8. The maximum atomic E-state index is 13.5. The van der Waals surface area contributed by atoms with Crippen LogP contribution in [0.25, 0.3) is 0 Å². The number of sulfonamides is 1. The number of nitrogens with zero attached hydrogens (tertiary/aromatic N) is 5. The highest BCUT2D eigenvalue weighted by Gasteiger charge is 2.34. The van der Waals surface area contributed by atoms with Crippen LogP contribution in [0.15, 0.2) is 15.6 Å². The molecule has 13 heteroatoms. The van der Waals surface area contributed by atoms with Gasteiger partial charge in [-0.05, 0) is 20.8 Å². The van der Waals surface area contributed by atoms with E-state index >= 15 is 0 Å². The highest BCUT2D eigenvalue weighted by molar-refractivity contribution is 7.89. The summed E-state index contributed by atoms with van der Waals surface area (Å²) in [6.07, 6.45) is -1.84. The van der Waals surface area contributed by atoms with E-state index in [2.05, 4.69) is 10.3 Å². The molecule has 3 heterocycles. The Morgan fingerprint density at radius 2 is 1.93 bits per heavy atom. The van der Waals surface area contributed by atoms with Crippen LogP contribution >= 0.6 is 0 Å². The minimum Gasteiger partial charge on any atom is -0.462 e. The van der Waals surface area contributed by atoms with Crippen molar-refractivity contribution >= 4 is 16.0 Å². The highest BCUT2D eigenvalue weighted by atomic mass is 32.2. The monoisotopic (exact) mass is 447 g/mol. The third-order valence-electron chi connectivity index (χ3n) is 4.81. The predicted molar refractivity (Wildman–Crippen MR) is 99.4 cm³/mol. The van der Waals surface area contributed by atoms with E-state index in [0.29, 0.717) is 18.8 Å². The molecule has 1 saturated heterocycles. The number of carbonyl (C=O) groups is 1. The van der Waals surface area contributed by atoms with Gasteiger partial charge in [0.15, 0.2) is 5.76 Å². The summed E-state index contributed by atoms with van der Waals surface area (Å²) in [5.41, 5.74) is -0.495. The lowest BCUT2D eigenvalue weighted by atomic mass is 10.2. The molecule has 1 aliphatic rings. The minimum atomic E-state index is -3.76. The van der Waals surface area contributed by atoms with Gasteiger partial charge in [-0.15, -0.1) is 0 Å². The van der Waals surface area contributed by atoms with Crippen molar-refractivity contribution in [1.29, 1.82) is 0 Å². The van der Waals surface area contributed by atoms with Gasteiger partial charge in [-0.3, -0.25) is 4.90 Å². The number of carbonyl (C=O) groups excluding carboxylic acids is 1. The Morgan fingerprint density at radius 3 is 2.47 bits per heavy atom. The average molecular weight is 447 g/mol. The van der Waals surface area contributed by atoms with Gasteiger partial charge < -0.3 is 9.26 Å². The van der Waals surface area contributed by atoms with Gasteiger partial charge in [0.1, 0.15) is 21.8 Å². The number of ether oxygens (including phenoxy) is 1. The molecule has 0 N–H and O–H groups in total. The number of aryl methyl sites for hydroxylation is 2. The topological polar surface area (TPSA) is 111 Å². The van der Waals surface area contributed by atoms with Gasteiger partial charge in [0.05, 0.1) is 19.5 Å². The molecule has 0 saturated carbocycles. The fourth-order valence-corrected chi connectivity index (χ4v) is 5.09. The van der Waals surface area contributed by atoms with Crippen LogP contribution in [0.1, 0.15) is 40.9 Å². The molecule has 0 spiro atoms. The molecule has 0 unspecified atom stereocenters. The van der Waals surface area contributed by atoms with Gasteiger partial charge in [0.25, 0.3) is 6.43 Å². The molecule has 3 rings (SSSR count). The summed E-state index contributed by atoms with van der Waals surface area (Å²) in [6, 6.07) is 0. The molecule has 1 fully saturated rings. The molecule has 0 radical (unpaired) electrons. The minimum absolute atomic E-state index is 0.00170. The quantitative estimate of drug-likeness (QED) is 0.588. The second-order valence-electron chi connectivity index (χ2n) is 6.78. The van der Waals surface area contributed by atoms with E-state index in [1.165, 1.54) is 11.2 Å². The zero-order chi connectivity index (χ0) is 22.1. The summed E-state index contributed by atoms with van der Waals surface area (Å²) in [4.78, 5) is 13.7. The number of hydrogen-bond donors (Lipinski definition) is 0. The Hall–Kier alpha value is -2.38. The first-order chi connectivity index (χ1) is 14.2. The smallest absolute Gasteiger partial charge is 0.341 e. The van der Waals surface area contributed by atoms with E-state index in [-0.39, 0.29) is 42.6 Å². The number of alkyl halides is 2. The van der Waals surface area contributed by atoms with E-state index in [4.69, 9.17) is 9.26 Å². The Labute approximate surface area is 172 Å². The molecule has 30 heavy (non-hydrogen) atoms. The number of piperazine rings is 1. The van der Waals surface area contributed by atoms with Crippen LogP contribution in [-0.4, -0.2) is 71.3 Å². The summed E-state index contributed by atoms with van der Waals surface area (Å²) >= 11 is 0. The molecule has 10 nitrogen and oxygen atoms in total. The molecular formula is C17H23F2N5O5S. The molecule has 0 bridgehead atoms. The van der Waals surface area contributed by atoms with Crippen LogP contribution in [-0.2, 0) is 21.4 Å². The maximum absolute atomic E-state index is 13.5. The fourth-order valence-electron chi connectivity index (χ4n) is 3.38. The zero-order valence-electron chi connectivity index (χ0n) is 16.8. The van der Waals surface area contributed by atoms with E-state index in [9.17, 15) is 22.0 Å². The number of hydrogen-bond acceptors (Lipinski definition) is 8. The van der Waals surface area contributed by atoms with Crippen LogP contribution in [0.5, 0.6) is 0 Å². The van der Waals surface area contributed by atoms with Crippen LogP contribution in [0, 0.1) is 13.8 Å². The van der Waals surface area contributed by atoms with E-state index in [1.54, 1.807) is 18.7 Å². The lowest BCUT2D eigenvalue weighted by Crippen LogP contribution is -2.49. The lowest BCUT2D eigenvalue weighted by molar-refractivity contribution is 0.0510.